The summed E-state index contributed by atoms with van der Waals surface area (Å²) in [6.45, 7) is 3.13. The molecule has 0 aliphatic carbocycles. The van der Waals surface area contributed by atoms with Crippen molar-refractivity contribution >= 4 is 44.7 Å². The lowest BCUT2D eigenvalue weighted by Gasteiger charge is -2.29. The van der Waals surface area contributed by atoms with Gasteiger partial charge in [-0.15, -0.1) is 0 Å². The van der Waals surface area contributed by atoms with Crippen LogP contribution in [0, 0.1) is 0 Å². The van der Waals surface area contributed by atoms with Crippen molar-refractivity contribution in [1.29, 1.82) is 0 Å². The van der Waals surface area contributed by atoms with Crippen LogP contribution in [-0.4, -0.2) is 45.5 Å². The normalized spacial score (nSPS) is 14.5. The number of hydrazone groups is 1. The maximum Gasteiger partial charge on any atom is 0.307 e. The molecular formula is C21H20BrN3O4. The highest BCUT2D eigenvalue weighted by molar-refractivity contribution is 9.10. The molecule has 29 heavy (non-hydrogen) atoms. The van der Waals surface area contributed by atoms with E-state index in [0.29, 0.717) is 11.3 Å². The van der Waals surface area contributed by atoms with Crippen LogP contribution in [0.15, 0.2) is 56.5 Å². The van der Waals surface area contributed by atoms with Crippen LogP contribution in [0.2, 0.25) is 0 Å². The first-order valence-electron chi connectivity index (χ1n) is 9.17. The Bertz CT molecular complexity index is 1060. The molecule has 8 heteroatoms. The number of halogens is 1. The van der Waals surface area contributed by atoms with Crippen LogP contribution >= 0.6 is 15.9 Å². The van der Waals surface area contributed by atoms with Gasteiger partial charge in [-0.05, 0) is 36.4 Å². The number of carbonyl (C=O) groups is 1. The molecule has 1 aliphatic rings. The van der Waals surface area contributed by atoms with Crippen LogP contribution < -0.4 is 15.1 Å². The summed E-state index contributed by atoms with van der Waals surface area (Å²) in [6.07, 6.45) is 1.55. The largest absolute Gasteiger partial charge is 0.496 e. The predicted molar refractivity (Wildman–Crippen MR) is 115 cm³/mol. The fourth-order valence-corrected chi connectivity index (χ4v) is 3.55. The monoisotopic (exact) mass is 457 g/mol. The molecule has 0 unspecified atom stereocenters. The molecule has 0 radical (unpaired) electrons. The molecule has 1 amide bonds. The molecule has 0 atom stereocenters. The van der Waals surface area contributed by atoms with E-state index in [4.69, 9.17) is 13.9 Å². The first-order chi connectivity index (χ1) is 14.1. The van der Waals surface area contributed by atoms with Gasteiger partial charge in [-0.3, -0.25) is 4.79 Å². The Morgan fingerprint density at radius 2 is 2.03 bits per heavy atom. The molecule has 1 aliphatic heterocycles. The van der Waals surface area contributed by atoms with E-state index in [2.05, 4.69) is 31.4 Å². The van der Waals surface area contributed by atoms with Crippen LogP contribution in [0.25, 0.3) is 11.0 Å². The Kier molecular flexibility index (Phi) is 5.82. The van der Waals surface area contributed by atoms with Gasteiger partial charge in [0.15, 0.2) is 5.76 Å². The number of benzene rings is 2. The zero-order valence-electron chi connectivity index (χ0n) is 15.9. The van der Waals surface area contributed by atoms with Gasteiger partial charge in [-0.25, -0.2) is 5.43 Å². The number of ether oxygens (including phenoxy) is 2. The van der Waals surface area contributed by atoms with Gasteiger partial charge in [-0.2, -0.15) is 5.10 Å². The number of carbonyl (C=O) groups excluding carboxylic acids is 1. The first kappa shape index (κ1) is 19.5. The maximum atomic E-state index is 12.3. The molecule has 4 rings (SSSR count). The molecule has 1 aromatic heterocycles. The van der Waals surface area contributed by atoms with E-state index in [1.807, 2.05) is 30.3 Å². The lowest BCUT2D eigenvalue weighted by molar-refractivity contribution is 0.0929. The van der Waals surface area contributed by atoms with Crippen molar-refractivity contribution in [3.63, 3.8) is 0 Å². The molecule has 1 N–H and O–H groups in total. The molecule has 2 heterocycles. The minimum absolute atomic E-state index is 0.199. The number of fused-ring (bicyclic) bond motifs is 1. The molecule has 1 fully saturated rings. The highest BCUT2D eigenvalue weighted by Crippen LogP contribution is 2.26. The number of nitrogens with one attached hydrogen (secondary N) is 1. The van der Waals surface area contributed by atoms with Crippen molar-refractivity contribution in [2.75, 3.05) is 38.3 Å². The summed E-state index contributed by atoms with van der Waals surface area (Å²) in [4.78, 5) is 14.6. The van der Waals surface area contributed by atoms with E-state index in [0.717, 1.165) is 47.4 Å². The summed E-state index contributed by atoms with van der Waals surface area (Å²) in [5.74, 6) is 0.461. The average Bonchev–Trinajstić information content (AvgIpc) is 3.18. The summed E-state index contributed by atoms with van der Waals surface area (Å²) < 4.78 is 17.4. The summed E-state index contributed by atoms with van der Waals surface area (Å²) in [5.41, 5.74) is 4.97. The first-order valence-corrected chi connectivity index (χ1v) is 9.96. The van der Waals surface area contributed by atoms with E-state index in [1.54, 1.807) is 25.5 Å². The van der Waals surface area contributed by atoms with Crippen LogP contribution in [0.1, 0.15) is 16.1 Å². The Hall–Kier alpha value is -2.84. The zero-order valence-corrected chi connectivity index (χ0v) is 17.4. The fraction of sp³-hybridized carbons (Fsp3) is 0.238. The number of rotatable bonds is 5. The second-order valence-corrected chi connectivity index (χ2v) is 7.43. The number of amides is 1. The topological polar surface area (TPSA) is 76.3 Å². The third kappa shape index (κ3) is 4.44. The van der Waals surface area contributed by atoms with E-state index < -0.39 is 5.91 Å². The van der Waals surface area contributed by atoms with Gasteiger partial charge < -0.3 is 18.8 Å². The standard InChI is InChI=1S/C21H20BrN3O4/c1-27-19-12-17(25-6-8-28-9-7-25)4-2-14(19)13-23-24-21(26)20-11-15-10-16(22)3-5-18(15)29-20/h2-5,10-13H,6-9H2,1H3,(H,24,26)/b23-13+. The van der Waals surface area contributed by atoms with Crippen molar-refractivity contribution in [1.82, 2.24) is 5.43 Å². The minimum Gasteiger partial charge on any atom is -0.496 e. The molecule has 150 valence electrons. The molecule has 7 nitrogen and oxygen atoms in total. The SMILES string of the molecule is COc1cc(N2CCOCC2)ccc1/C=N/NC(=O)c1cc2cc(Br)ccc2o1. The van der Waals surface area contributed by atoms with Crippen molar-refractivity contribution in [3.8, 4) is 5.75 Å². The van der Waals surface area contributed by atoms with Crippen LogP contribution in [0.5, 0.6) is 5.75 Å². The highest BCUT2D eigenvalue weighted by atomic mass is 79.9. The number of methoxy groups -OCH3 is 1. The quantitative estimate of drug-likeness (QED) is 0.465. The number of hydrogen-bond donors (Lipinski definition) is 1. The third-order valence-electron chi connectivity index (χ3n) is 4.67. The van der Waals surface area contributed by atoms with Crippen LogP contribution in [0.3, 0.4) is 0 Å². The Balaban J connectivity index is 1.45. The lowest BCUT2D eigenvalue weighted by Crippen LogP contribution is -2.36. The number of furan rings is 1. The number of anilines is 1. The van der Waals surface area contributed by atoms with E-state index >= 15 is 0 Å². The van der Waals surface area contributed by atoms with Crippen LogP contribution in [0.4, 0.5) is 5.69 Å². The summed E-state index contributed by atoms with van der Waals surface area (Å²) in [7, 11) is 1.61. The molecule has 0 saturated carbocycles. The number of hydrogen-bond acceptors (Lipinski definition) is 6. The molecule has 0 spiro atoms. The summed E-state index contributed by atoms with van der Waals surface area (Å²) in [6, 6.07) is 13.1. The molecule has 0 bridgehead atoms. The van der Waals surface area contributed by atoms with Crippen molar-refractivity contribution < 1.29 is 18.7 Å². The van der Waals surface area contributed by atoms with Crippen molar-refractivity contribution in [2.24, 2.45) is 5.10 Å². The highest BCUT2D eigenvalue weighted by Gasteiger charge is 2.14. The second-order valence-electron chi connectivity index (χ2n) is 6.52. The third-order valence-corrected chi connectivity index (χ3v) is 5.16. The van der Waals surface area contributed by atoms with Gasteiger partial charge in [0.1, 0.15) is 11.3 Å². The lowest BCUT2D eigenvalue weighted by atomic mass is 10.1. The Morgan fingerprint density at radius 1 is 1.21 bits per heavy atom. The van der Waals surface area contributed by atoms with Crippen molar-refractivity contribution in [3.05, 3.63) is 58.3 Å². The maximum absolute atomic E-state index is 12.3. The van der Waals surface area contributed by atoms with E-state index in [9.17, 15) is 4.79 Å². The Labute approximate surface area is 176 Å². The molecular weight excluding hydrogens is 438 g/mol. The zero-order chi connectivity index (χ0) is 20.2. The van der Waals surface area contributed by atoms with Crippen molar-refractivity contribution in [2.45, 2.75) is 0 Å². The average molecular weight is 458 g/mol. The smallest absolute Gasteiger partial charge is 0.307 e. The molecule has 3 aromatic rings. The summed E-state index contributed by atoms with van der Waals surface area (Å²) >= 11 is 3.40. The minimum atomic E-state index is -0.419. The van der Waals surface area contributed by atoms with Gasteiger partial charge in [0, 0.05) is 40.3 Å². The van der Waals surface area contributed by atoms with Gasteiger partial charge >= 0.3 is 5.91 Å². The van der Waals surface area contributed by atoms with Gasteiger partial charge in [0.25, 0.3) is 0 Å². The second kappa shape index (κ2) is 8.67. The Morgan fingerprint density at radius 3 is 2.83 bits per heavy atom. The fourth-order valence-electron chi connectivity index (χ4n) is 3.17. The molecule has 2 aromatic carbocycles. The number of morpholine rings is 1. The van der Waals surface area contributed by atoms with E-state index in [-0.39, 0.29) is 5.76 Å². The van der Waals surface area contributed by atoms with Gasteiger partial charge in [-0.1, -0.05) is 15.9 Å². The molecule has 1 saturated heterocycles. The van der Waals surface area contributed by atoms with Crippen LogP contribution in [-0.2, 0) is 4.74 Å². The summed E-state index contributed by atoms with van der Waals surface area (Å²) in [5, 5.41) is 4.89. The van der Waals surface area contributed by atoms with E-state index in [1.165, 1.54) is 0 Å². The van der Waals surface area contributed by atoms with Gasteiger partial charge in [0.05, 0.1) is 26.5 Å². The number of nitrogens with zero attached hydrogens (tertiary/aromatic N) is 2. The van der Waals surface area contributed by atoms with Gasteiger partial charge in [0.2, 0.25) is 0 Å². The predicted octanol–water partition coefficient (Wildman–Crippen LogP) is 3.80.